The zero-order valence-corrected chi connectivity index (χ0v) is 7.14. The Kier molecular flexibility index (Phi) is 3.30. The van der Waals surface area contributed by atoms with Gasteiger partial charge in [0.1, 0.15) is 0 Å². The molecule has 1 saturated heterocycles. The molecule has 0 saturated carbocycles. The molecule has 0 amide bonds. The van der Waals surface area contributed by atoms with E-state index in [0.29, 0.717) is 6.54 Å². The fourth-order valence-corrected chi connectivity index (χ4v) is 1.39. The molecule has 0 bridgehead atoms. The summed E-state index contributed by atoms with van der Waals surface area (Å²) < 4.78 is 11.0. The predicted octanol–water partition coefficient (Wildman–Crippen LogP) is 0.878. The minimum atomic E-state index is -0.292. The van der Waals surface area contributed by atoms with E-state index in [-0.39, 0.29) is 5.79 Å². The molecular formula is C8H17NO2. The second kappa shape index (κ2) is 4.04. The average Bonchev–Trinajstić information content (AvgIpc) is 2.50. The molecular weight excluding hydrogens is 142 g/mol. The lowest BCUT2D eigenvalue weighted by molar-refractivity contribution is -0.164. The Bertz CT molecular complexity index is 111. The first-order valence-electron chi connectivity index (χ1n) is 4.31. The molecule has 1 aliphatic heterocycles. The number of ether oxygens (including phenoxy) is 2. The minimum absolute atomic E-state index is 0.292. The van der Waals surface area contributed by atoms with Gasteiger partial charge in [0, 0.05) is 6.42 Å². The summed E-state index contributed by atoms with van der Waals surface area (Å²) in [5.41, 5.74) is 5.41. The van der Waals surface area contributed by atoms with Crippen molar-refractivity contribution in [1.82, 2.24) is 0 Å². The van der Waals surface area contributed by atoms with Gasteiger partial charge in [-0.1, -0.05) is 6.92 Å². The minimum Gasteiger partial charge on any atom is -0.348 e. The van der Waals surface area contributed by atoms with Crippen LogP contribution in [0.25, 0.3) is 0 Å². The van der Waals surface area contributed by atoms with Gasteiger partial charge in [0.25, 0.3) is 0 Å². The summed E-state index contributed by atoms with van der Waals surface area (Å²) in [4.78, 5) is 0. The molecule has 3 nitrogen and oxygen atoms in total. The van der Waals surface area contributed by atoms with E-state index in [1.165, 1.54) is 0 Å². The van der Waals surface area contributed by atoms with Crippen molar-refractivity contribution in [3.63, 3.8) is 0 Å². The second-order valence-corrected chi connectivity index (χ2v) is 2.85. The third-order valence-corrected chi connectivity index (χ3v) is 2.11. The third kappa shape index (κ3) is 2.15. The molecule has 2 N–H and O–H groups in total. The van der Waals surface area contributed by atoms with Crippen molar-refractivity contribution in [2.24, 2.45) is 5.73 Å². The molecule has 66 valence electrons. The van der Waals surface area contributed by atoms with Crippen LogP contribution in [-0.4, -0.2) is 25.5 Å². The number of hydrogen-bond donors (Lipinski definition) is 1. The number of hydrogen-bond acceptors (Lipinski definition) is 3. The summed E-state index contributed by atoms with van der Waals surface area (Å²) in [5.74, 6) is -0.292. The van der Waals surface area contributed by atoms with Gasteiger partial charge in [-0.2, -0.15) is 0 Å². The summed E-state index contributed by atoms with van der Waals surface area (Å²) in [7, 11) is 0. The van der Waals surface area contributed by atoms with Crippen LogP contribution in [0.2, 0.25) is 0 Å². The maximum atomic E-state index is 5.51. The summed E-state index contributed by atoms with van der Waals surface area (Å²) in [6.07, 6.45) is 2.83. The third-order valence-electron chi connectivity index (χ3n) is 2.11. The Hall–Kier alpha value is -0.120. The number of rotatable bonds is 4. The van der Waals surface area contributed by atoms with Crippen molar-refractivity contribution in [1.29, 1.82) is 0 Å². The van der Waals surface area contributed by atoms with Gasteiger partial charge < -0.3 is 15.2 Å². The highest BCUT2D eigenvalue weighted by Gasteiger charge is 2.33. The molecule has 0 atom stereocenters. The standard InChI is InChI=1S/C8H17NO2/c1-2-8(4-3-5-9)10-6-7-11-8/h2-7,9H2,1H3. The SMILES string of the molecule is CCC1(CCCN)OCCO1. The van der Waals surface area contributed by atoms with Crippen LogP contribution in [0.5, 0.6) is 0 Å². The molecule has 0 spiro atoms. The van der Waals surface area contributed by atoms with E-state index in [0.717, 1.165) is 32.5 Å². The molecule has 0 aromatic heterocycles. The van der Waals surface area contributed by atoms with Crippen LogP contribution in [0.1, 0.15) is 26.2 Å². The second-order valence-electron chi connectivity index (χ2n) is 2.85. The van der Waals surface area contributed by atoms with Gasteiger partial charge in [0.2, 0.25) is 0 Å². The van der Waals surface area contributed by atoms with E-state index in [1.807, 2.05) is 0 Å². The van der Waals surface area contributed by atoms with Crippen molar-refractivity contribution in [2.45, 2.75) is 32.0 Å². The molecule has 0 unspecified atom stereocenters. The van der Waals surface area contributed by atoms with Crippen LogP contribution in [0.3, 0.4) is 0 Å². The Labute approximate surface area is 67.9 Å². The largest absolute Gasteiger partial charge is 0.348 e. The lowest BCUT2D eigenvalue weighted by atomic mass is 10.1. The molecule has 0 aromatic carbocycles. The molecule has 0 radical (unpaired) electrons. The summed E-state index contributed by atoms with van der Waals surface area (Å²) in [5, 5.41) is 0. The zero-order valence-electron chi connectivity index (χ0n) is 7.14. The van der Waals surface area contributed by atoms with Gasteiger partial charge in [-0.25, -0.2) is 0 Å². The quantitative estimate of drug-likeness (QED) is 0.662. The Morgan fingerprint density at radius 1 is 1.36 bits per heavy atom. The maximum absolute atomic E-state index is 5.51. The smallest absolute Gasteiger partial charge is 0.168 e. The topological polar surface area (TPSA) is 44.5 Å². The first-order valence-corrected chi connectivity index (χ1v) is 4.31. The van der Waals surface area contributed by atoms with Crippen LogP contribution in [0.4, 0.5) is 0 Å². The molecule has 0 aliphatic carbocycles. The summed E-state index contributed by atoms with van der Waals surface area (Å²) in [6, 6.07) is 0. The Morgan fingerprint density at radius 2 is 2.00 bits per heavy atom. The molecule has 0 aromatic rings. The van der Waals surface area contributed by atoms with Gasteiger partial charge in [-0.3, -0.25) is 0 Å². The Morgan fingerprint density at radius 3 is 2.45 bits per heavy atom. The van der Waals surface area contributed by atoms with Gasteiger partial charge in [-0.05, 0) is 19.4 Å². The van der Waals surface area contributed by atoms with Crippen molar-refractivity contribution in [2.75, 3.05) is 19.8 Å². The molecule has 1 fully saturated rings. The van der Waals surface area contributed by atoms with Gasteiger partial charge in [0.05, 0.1) is 13.2 Å². The monoisotopic (exact) mass is 159 g/mol. The molecule has 11 heavy (non-hydrogen) atoms. The van der Waals surface area contributed by atoms with Crippen molar-refractivity contribution < 1.29 is 9.47 Å². The van der Waals surface area contributed by atoms with E-state index in [9.17, 15) is 0 Å². The fourth-order valence-electron chi connectivity index (χ4n) is 1.39. The maximum Gasteiger partial charge on any atom is 0.168 e. The first kappa shape index (κ1) is 8.97. The van der Waals surface area contributed by atoms with E-state index in [4.69, 9.17) is 15.2 Å². The summed E-state index contributed by atoms with van der Waals surface area (Å²) in [6.45, 7) is 4.27. The van der Waals surface area contributed by atoms with Gasteiger partial charge in [-0.15, -0.1) is 0 Å². The first-order chi connectivity index (χ1) is 5.33. The van der Waals surface area contributed by atoms with Crippen LogP contribution in [-0.2, 0) is 9.47 Å². The average molecular weight is 159 g/mol. The molecule has 1 heterocycles. The van der Waals surface area contributed by atoms with Crippen LogP contribution >= 0.6 is 0 Å². The lowest BCUT2D eigenvalue weighted by Gasteiger charge is -2.25. The molecule has 1 rings (SSSR count). The van der Waals surface area contributed by atoms with Crippen molar-refractivity contribution in [3.05, 3.63) is 0 Å². The van der Waals surface area contributed by atoms with E-state index in [2.05, 4.69) is 6.92 Å². The van der Waals surface area contributed by atoms with Gasteiger partial charge >= 0.3 is 0 Å². The fraction of sp³-hybridized carbons (Fsp3) is 1.00. The van der Waals surface area contributed by atoms with E-state index >= 15 is 0 Å². The number of nitrogens with two attached hydrogens (primary N) is 1. The highest BCUT2D eigenvalue weighted by molar-refractivity contribution is 4.72. The van der Waals surface area contributed by atoms with Crippen LogP contribution in [0.15, 0.2) is 0 Å². The van der Waals surface area contributed by atoms with E-state index in [1.54, 1.807) is 0 Å². The van der Waals surface area contributed by atoms with Crippen LogP contribution in [0, 0.1) is 0 Å². The zero-order chi connectivity index (χ0) is 8.16. The molecule has 1 aliphatic rings. The predicted molar refractivity (Wildman–Crippen MR) is 43.2 cm³/mol. The van der Waals surface area contributed by atoms with Gasteiger partial charge in [0.15, 0.2) is 5.79 Å². The summed E-state index contributed by atoms with van der Waals surface area (Å²) >= 11 is 0. The van der Waals surface area contributed by atoms with E-state index < -0.39 is 0 Å². The lowest BCUT2D eigenvalue weighted by Crippen LogP contribution is -2.29. The molecule has 3 heteroatoms. The Balaban J connectivity index is 2.33. The van der Waals surface area contributed by atoms with Crippen molar-refractivity contribution >= 4 is 0 Å². The van der Waals surface area contributed by atoms with Crippen molar-refractivity contribution in [3.8, 4) is 0 Å². The van der Waals surface area contributed by atoms with Crippen LogP contribution < -0.4 is 5.73 Å². The highest BCUT2D eigenvalue weighted by Crippen LogP contribution is 2.27. The highest BCUT2D eigenvalue weighted by atomic mass is 16.7. The normalized spacial score (nSPS) is 22.4.